The number of rotatable bonds is 17. The van der Waals surface area contributed by atoms with Crippen molar-refractivity contribution in [2.45, 2.75) is 65.8 Å². The maximum atomic E-state index is 13.8. The van der Waals surface area contributed by atoms with Crippen LogP contribution in [-0.4, -0.2) is 56.3 Å². The van der Waals surface area contributed by atoms with E-state index >= 15 is 0 Å². The third-order valence-corrected chi connectivity index (χ3v) is 9.57. The molecule has 2 atom stereocenters. The number of nitrogen functional groups attached to an aromatic ring is 1. The lowest BCUT2D eigenvalue weighted by Crippen LogP contribution is -2.31. The van der Waals surface area contributed by atoms with Crippen molar-refractivity contribution in [1.29, 1.82) is 0 Å². The van der Waals surface area contributed by atoms with Gasteiger partial charge in [-0.2, -0.15) is 0 Å². The number of nitrogens with zero attached hydrogens (tertiary/aromatic N) is 2. The summed E-state index contributed by atoms with van der Waals surface area (Å²) in [5.41, 5.74) is 12.4. The molecule has 0 bridgehead atoms. The van der Waals surface area contributed by atoms with Gasteiger partial charge in [0.15, 0.2) is 28.8 Å². The fourth-order valence-electron chi connectivity index (χ4n) is 6.48. The summed E-state index contributed by atoms with van der Waals surface area (Å²) in [5.74, 6) is 2.68. The molecule has 0 radical (unpaired) electrons. The quantitative estimate of drug-likeness (QED) is 0.0490. The van der Waals surface area contributed by atoms with Crippen molar-refractivity contribution in [3.05, 3.63) is 101 Å². The minimum Gasteiger partial charge on any atom is -0.493 e. The van der Waals surface area contributed by atoms with Crippen molar-refractivity contribution in [2.75, 3.05) is 33.2 Å². The van der Waals surface area contributed by atoms with Crippen LogP contribution < -0.4 is 24.7 Å². The van der Waals surface area contributed by atoms with Crippen LogP contribution in [0.4, 0.5) is 11.4 Å². The average molecular weight is 706 g/mol. The summed E-state index contributed by atoms with van der Waals surface area (Å²) in [6, 6.07) is 14.5. The normalized spacial score (nSPS) is 16.4. The largest absolute Gasteiger partial charge is 0.493 e. The molecule has 1 amide bonds. The SMILES string of the molecule is C=CC1CC(c2ccc(N)cc2)=CN1C(=O)c1cc(OC)c(OCCCOc2cc(N=CC(C)C/C(=C\C)C3CC3)c(C(C)=O)cc2OC)cc1C. The molecule has 2 unspecified atom stereocenters. The second-order valence-corrected chi connectivity index (χ2v) is 13.5. The van der Waals surface area contributed by atoms with Crippen LogP contribution in [-0.2, 0) is 0 Å². The first-order chi connectivity index (χ1) is 25.1. The molecule has 1 aliphatic carbocycles. The molecule has 9 nitrogen and oxygen atoms in total. The van der Waals surface area contributed by atoms with Gasteiger partial charge < -0.3 is 29.6 Å². The second-order valence-electron chi connectivity index (χ2n) is 13.5. The number of anilines is 1. The summed E-state index contributed by atoms with van der Waals surface area (Å²) >= 11 is 0. The molecular formula is C43H51N3O6. The van der Waals surface area contributed by atoms with Crippen LogP contribution >= 0.6 is 0 Å². The standard InChI is InChI=1S/C43H51N3O6/c1-8-30(31-11-12-31)19-27(3)25-45-38-24-42(40(50-7)23-37(38)29(5)47)52-18-10-17-51-41-20-28(4)36(22-39(41)49-6)43(48)46-26-33(21-35(46)9-2)32-13-15-34(44)16-14-32/h8-9,13-16,20,22-27,31,35H,2,10-12,17-19,21,44H2,1,3-7H3/b30-8+,45-25?. The summed E-state index contributed by atoms with van der Waals surface area (Å²) in [6.45, 7) is 12.3. The highest BCUT2D eigenvalue weighted by Gasteiger charge is 2.30. The predicted octanol–water partition coefficient (Wildman–Crippen LogP) is 9.17. The molecular weight excluding hydrogens is 654 g/mol. The van der Waals surface area contributed by atoms with Crippen molar-refractivity contribution < 1.29 is 28.5 Å². The van der Waals surface area contributed by atoms with Crippen LogP contribution in [0.25, 0.3) is 5.57 Å². The van der Waals surface area contributed by atoms with E-state index in [1.807, 2.05) is 49.7 Å². The van der Waals surface area contributed by atoms with Gasteiger partial charge >= 0.3 is 0 Å². The lowest BCUT2D eigenvalue weighted by Gasteiger charge is -2.22. The van der Waals surface area contributed by atoms with Gasteiger partial charge in [0.2, 0.25) is 0 Å². The molecule has 2 N–H and O–H groups in total. The van der Waals surface area contributed by atoms with E-state index < -0.39 is 0 Å². The molecule has 1 heterocycles. The summed E-state index contributed by atoms with van der Waals surface area (Å²) in [6.07, 6.45) is 12.5. The zero-order chi connectivity index (χ0) is 37.4. The highest BCUT2D eigenvalue weighted by molar-refractivity contribution is 6.00. The van der Waals surface area contributed by atoms with Crippen LogP contribution in [0, 0.1) is 18.8 Å². The average Bonchev–Trinajstić information content (AvgIpc) is 3.90. The second kappa shape index (κ2) is 17.3. The molecule has 2 aliphatic rings. The van der Waals surface area contributed by atoms with Gasteiger partial charge in [-0.1, -0.05) is 36.8 Å². The number of amides is 1. The number of allylic oxidation sites excluding steroid dienone is 2. The number of ketones is 1. The predicted molar refractivity (Wildman–Crippen MR) is 208 cm³/mol. The number of Topliss-reactive ketones (excluding diaryl/α,β-unsaturated/α-hetero) is 1. The Morgan fingerprint density at radius 1 is 0.981 bits per heavy atom. The van der Waals surface area contributed by atoms with Crippen molar-refractivity contribution >= 4 is 34.9 Å². The van der Waals surface area contributed by atoms with E-state index in [1.165, 1.54) is 25.3 Å². The Morgan fingerprint density at radius 2 is 1.62 bits per heavy atom. The molecule has 274 valence electrons. The first-order valence-corrected chi connectivity index (χ1v) is 17.9. The van der Waals surface area contributed by atoms with Gasteiger partial charge in [0.1, 0.15) is 0 Å². The maximum Gasteiger partial charge on any atom is 0.258 e. The van der Waals surface area contributed by atoms with Crippen molar-refractivity contribution in [3.8, 4) is 23.0 Å². The lowest BCUT2D eigenvalue weighted by atomic mass is 9.98. The molecule has 0 saturated heterocycles. The zero-order valence-corrected chi connectivity index (χ0v) is 31.2. The van der Waals surface area contributed by atoms with E-state index in [9.17, 15) is 9.59 Å². The molecule has 0 spiro atoms. The maximum absolute atomic E-state index is 13.8. The Labute approximate surface area is 307 Å². The minimum absolute atomic E-state index is 0.0949. The van der Waals surface area contributed by atoms with Gasteiger partial charge in [-0.3, -0.25) is 14.6 Å². The zero-order valence-electron chi connectivity index (χ0n) is 31.2. The van der Waals surface area contributed by atoms with Gasteiger partial charge in [-0.25, -0.2) is 0 Å². The number of methoxy groups -OCH3 is 2. The lowest BCUT2D eigenvalue weighted by molar-refractivity contribution is 0.0805. The third-order valence-electron chi connectivity index (χ3n) is 9.57. The molecule has 1 fully saturated rings. The minimum atomic E-state index is -0.173. The molecule has 52 heavy (non-hydrogen) atoms. The number of nitrogens with two attached hydrogens (primary N) is 1. The number of carbonyl (C=O) groups is 2. The van der Waals surface area contributed by atoms with Gasteiger partial charge in [-0.05, 0) is 105 Å². The topological polar surface area (TPSA) is 113 Å². The van der Waals surface area contributed by atoms with E-state index in [0.717, 1.165) is 23.1 Å². The Kier molecular flexibility index (Phi) is 12.6. The molecule has 3 aromatic rings. The van der Waals surface area contributed by atoms with Gasteiger partial charge in [0.05, 0.1) is 39.2 Å². The first-order valence-electron chi connectivity index (χ1n) is 17.9. The molecule has 3 aromatic carbocycles. The summed E-state index contributed by atoms with van der Waals surface area (Å²) in [7, 11) is 3.11. The van der Waals surface area contributed by atoms with Gasteiger partial charge in [0.25, 0.3) is 5.91 Å². The third kappa shape index (κ3) is 9.12. The molecule has 1 saturated carbocycles. The van der Waals surface area contributed by atoms with Crippen LogP contribution in [0.15, 0.2) is 84.0 Å². The van der Waals surface area contributed by atoms with Gasteiger partial charge in [0, 0.05) is 41.7 Å². The van der Waals surface area contributed by atoms with E-state index in [4.69, 9.17) is 29.7 Å². The fourth-order valence-corrected chi connectivity index (χ4v) is 6.48. The summed E-state index contributed by atoms with van der Waals surface area (Å²) in [5, 5.41) is 0. The molecule has 0 aromatic heterocycles. The number of hydrogen-bond donors (Lipinski definition) is 1. The number of ether oxygens (including phenoxy) is 4. The summed E-state index contributed by atoms with van der Waals surface area (Å²) in [4.78, 5) is 32.8. The van der Waals surface area contributed by atoms with Crippen LogP contribution in [0.5, 0.6) is 23.0 Å². The van der Waals surface area contributed by atoms with Crippen LogP contribution in [0.3, 0.4) is 0 Å². The van der Waals surface area contributed by atoms with E-state index in [-0.39, 0.29) is 23.7 Å². The Balaban J connectivity index is 1.22. The number of carbonyl (C=O) groups excluding carboxylic acids is 2. The number of aliphatic imine (C=N–C) groups is 1. The highest BCUT2D eigenvalue weighted by Crippen LogP contribution is 2.40. The van der Waals surface area contributed by atoms with Crippen molar-refractivity contribution in [2.24, 2.45) is 16.8 Å². The van der Waals surface area contributed by atoms with E-state index in [0.29, 0.717) is 77.5 Å². The monoisotopic (exact) mass is 705 g/mol. The molecule has 5 rings (SSSR count). The number of benzene rings is 3. The number of hydrogen-bond acceptors (Lipinski definition) is 8. The fraction of sp³-hybridized carbons (Fsp3) is 0.372. The van der Waals surface area contributed by atoms with Crippen molar-refractivity contribution in [1.82, 2.24) is 4.90 Å². The van der Waals surface area contributed by atoms with Crippen LogP contribution in [0.2, 0.25) is 0 Å². The molecule has 1 aliphatic heterocycles. The first kappa shape index (κ1) is 37.9. The highest BCUT2D eigenvalue weighted by atomic mass is 16.5. The van der Waals surface area contributed by atoms with E-state index in [1.54, 1.807) is 43.4 Å². The van der Waals surface area contributed by atoms with Gasteiger partial charge in [-0.15, -0.1) is 6.58 Å². The smallest absolute Gasteiger partial charge is 0.258 e. The Bertz CT molecular complexity index is 1870. The number of aryl methyl sites for hydroxylation is 1. The molecule has 9 heteroatoms. The Morgan fingerprint density at radius 3 is 2.19 bits per heavy atom. The summed E-state index contributed by atoms with van der Waals surface area (Å²) < 4.78 is 23.5. The van der Waals surface area contributed by atoms with E-state index in [2.05, 4.69) is 26.5 Å². The van der Waals surface area contributed by atoms with Crippen LogP contribution in [0.1, 0.15) is 84.7 Å². The van der Waals surface area contributed by atoms with Crippen molar-refractivity contribution in [3.63, 3.8) is 0 Å². The Hall–Kier alpha value is -5.31.